The zero-order valence-corrected chi connectivity index (χ0v) is 18.6. The first kappa shape index (κ1) is 21.2. The fourth-order valence-electron chi connectivity index (χ4n) is 3.48. The van der Waals surface area contributed by atoms with Crippen molar-refractivity contribution >= 4 is 27.3 Å². The second-order valence-electron chi connectivity index (χ2n) is 7.00. The van der Waals surface area contributed by atoms with Gasteiger partial charge in [-0.15, -0.1) is 0 Å². The number of nitrogens with zero attached hydrogens (tertiary/aromatic N) is 2. The summed E-state index contributed by atoms with van der Waals surface area (Å²) in [7, 11) is -0.736. The van der Waals surface area contributed by atoms with Gasteiger partial charge in [-0.1, -0.05) is 29.8 Å². The van der Waals surface area contributed by atoms with E-state index in [1.165, 1.54) is 16.5 Å². The highest BCUT2D eigenvalue weighted by atomic mass is 35.5. The molecule has 0 fully saturated rings. The van der Waals surface area contributed by atoms with E-state index in [2.05, 4.69) is 5.10 Å². The predicted octanol–water partition coefficient (Wildman–Crippen LogP) is 4.90. The number of halogens is 1. The average molecular weight is 457 g/mol. The Hall–Kier alpha value is -3.03. The molecule has 0 radical (unpaired) electrons. The minimum atomic E-state index is -3.92. The maximum atomic E-state index is 13.5. The molecule has 0 aliphatic carbocycles. The standard InChI is InChI=1S/C23H21ClN2O4S/c1-29-19-10-6-16(7-11-19)22-15-23(17-8-12-20(30-2)13-9-17)26(25-22)31(27,28)21-5-3-4-18(24)14-21/h3-14,23H,15H2,1-2H3. The largest absolute Gasteiger partial charge is 0.497 e. The molecular weight excluding hydrogens is 436 g/mol. The highest BCUT2D eigenvalue weighted by Crippen LogP contribution is 2.38. The third-order valence-electron chi connectivity index (χ3n) is 5.14. The highest BCUT2D eigenvalue weighted by molar-refractivity contribution is 7.89. The SMILES string of the molecule is COc1ccc(C2=NN(S(=O)(=O)c3cccc(Cl)c3)C(c3ccc(OC)cc3)C2)cc1. The summed E-state index contributed by atoms with van der Waals surface area (Å²) in [6, 6.07) is 20.4. The number of benzene rings is 3. The van der Waals surface area contributed by atoms with Crippen LogP contribution < -0.4 is 9.47 Å². The fourth-order valence-corrected chi connectivity index (χ4v) is 5.21. The maximum Gasteiger partial charge on any atom is 0.279 e. The topological polar surface area (TPSA) is 68.2 Å². The quantitative estimate of drug-likeness (QED) is 0.529. The summed E-state index contributed by atoms with van der Waals surface area (Å²) in [5.74, 6) is 1.42. The van der Waals surface area contributed by atoms with E-state index in [0.717, 1.165) is 16.9 Å². The number of sulfonamides is 1. The zero-order chi connectivity index (χ0) is 22.0. The number of hydrazone groups is 1. The van der Waals surface area contributed by atoms with Gasteiger partial charge in [0.25, 0.3) is 10.0 Å². The Morgan fingerprint density at radius 1 is 0.935 bits per heavy atom. The third-order valence-corrected chi connectivity index (χ3v) is 7.05. The van der Waals surface area contributed by atoms with Gasteiger partial charge >= 0.3 is 0 Å². The van der Waals surface area contributed by atoms with E-state index in [4.69, 9.17) is 21.1 Å². The van der Waals surface area contributed by atoms with Crippen LogP contribution in [0.2, 0.25) is 5.02 Å². The molecule has 1 aliphatic heterocycles. The van der Waals surface area contributed by atoms with Crippen LogP contribution in [0.3, 0.4) is 0 Å². The molecule has 3 aromatic carbocycles. The Morgan fingerprint density at radius 3 is 2.13 bits per heavy atom. The summed E-state index contributed by atoms with van der Waals surface area (Å²) >= 11 is 6.05. The number of hydrogen-bond donors (Lipinski definition) is 0. The molecule has 6 nitrogen and oxygen atoms in total. The van der Waals surface area contributed by atoms with Gasteiger partial charge in [0.2, 0.25) is 0 Å². The molecule has 0 spiro atoms. The van der Waals surface area contributed by atoms with Crippen LogP contribution in [-0.2, 0) is 10.0 Å². The van der Waals surface area contributed by atoms with Crippen molar-refractivity contribution in [1.82, 2.24) is 4.41 Å². The number of hydrogen-bond acceptors (Lipinski definition) is 5. The van der Waals surface area contributed by atoms with Crippen molar-refractivity contribution in [2.24, 2.45) is 5.10 Å². The van der Waals surface area contributed by atoms with Crippen LogP contribution in [0.25, 0.3) is 0 Å². The van der Waals surface area contributed by atoms with Crippen molar-refractivity contribution in [3.63, 3.8) is 0 Å². The summed E-state index contributed by atoms with van der Waals surface area (Å²) in [6.45, 7) is 0. The molecule has 0 saturated heterocycles. The lowest BCUT2D eigenvalue weighted by Gasteiger charge is -2.23. The number of methoxy groups -OCH3 is 2. The average Bonchev–Trinajstić information content (AvgIpc) is 3.25. The van der Waals surface area contributed by atoms with Crippen LogP contribution in [0, 0.1) is 0 Å². The highest BCUT2D eigenvalue weighted by Gasteiger charge is 2.37. The lowest BCUT2D eigenvalue weighted by molar-refractivity contribution is 0.370. The van der Waals surface area contributed by atoms with E-state index in [1.807, 2.05) is 48.5 Å². The van der Waals surface area contributed by atoms with E-state index < -0.39 is 16.1 Å². The Morgan fingerprint density at radius 2 is 1.55 bits per heavy atom. The number of ether oxygens (including phenoxy) is 2. The van der Waals surface area contributed by atoms with Crippen LogP contribution in [-0.4, -0.2) is 32.8 Å². The normalized spacial score (nSPS) is 16.2. The predicted molar refractivity (Wildman–Crippen MR) is 120 cm³/mol. The van der Waals surface area contributed by atoms with E-state index in [9.17, 15) is 8.42 Å². The fraction of sp³-hybridized carbons (Fsp3) is 0.174. The monoisotopic (exact) mass is 456 g/mol. The molecule has 0 bridgehead atoms. The zero-order valence-electron chi connectivity index (χ0n) is 17.0. The van der Waals surface area contributed by atoms with E-state index >= 15 is 0 Å². The molecule has 3 aromatic rings. The van der Waals surface area contributed by atoms with Gasteiger partial charge in [0.05, 0.1) is 30.9 Å². The van der Waals surface area contributed by atoms with E-state index in [0.29, 0.717) is 22.9 Å². The smallest absolute Gasteiger partial charge is 0.279 e. The van der Waals surface area contributed by atoms with Gasteiger partial charge in [0.1, 0.15) is 11.5 Å². The van der Waals surface area contributed by atoms with Crippen LogP contribution in [0.4, 0.5) is 0 Å². The summed E-state index contributed by atoms with van der Waals surface area (Å²) in [5, 5.41) is 4.89. The van der Waals surface area contributed by atoms with Crippen molar-refractivity contribution in [2.45, 2.75) is 17.4 Å². The first-order chi connectivity index (χ1) is 14.9. The molecule has 0 N–H and O–H groups in total. The first-order valence-corrected chi connectivity index (χ1v) is 11.4. The minimum Gasteiger partial charge on any atom is -0.497 e. The molecular formula is C23H21ClN2O4S. The Kier molecular flexibility index (Phi) is 5.89. The minimum absolute atomic E-state index is 0.0956. The Bertz CT molecular complexity index is 1210. The van der Waals surface area contributed by atoms with Crippen LogP contribution in [0.15, 0.2) is 82.8 Å². The second kappa shape index (κ2) is 8.61. The van der Waals surface area contributed by atoms with Gasteiger partial charge < -0.3 is 9.47 Å². The van der Waals surface area contributed by atoms with Crippen LogP contribution in [0.5, 0.6) is 11.5 Å². The van der Waals surface area contributed by atoms with Crippen molar-refractivity contribution < 1.29 is 17.9 Å². The van der Waals surface area contributed by atoms with Crippen LogP contribution >= 0.6 is 11.6 Å². The molecule has 1 atom stereocenters. The molecule has 0 amide bonds. The van der Waals surface area contributed by atoms with Gasteiger partial charge in [0.15, 0.2) is 0 Å². The first-order valence-electron chi connectivity index (χ1n) is 9.58. The van der Waals surface area contributed by atoms with E-state index in [1.54, 1.807) is 26.4 Å². The number of rotatable bonds is 6. The lowest BCUT2D eigenvalue weighted by atomic mass is 9.99. The summed E-state index contributed by atoms with van der Waals surface area (Å²) < 4.78 is 38.6. The summed E-state index contributed by atoms with van der Waals surface area (Å²) in [6.07, 6.45) is 0.429. The molecule has 31 heavy (non-hydrogen) atoms. The van der Waals surface area contributed by atoms with E-state index in [-0.39, 0.29) is 4.90 Å². The summed E-state index contributed by atoms with van der Waals surface area (Å²) in [4.78, 5) is 0.0956. The van der Waals surface area contributed by atoms with Crippen molar-refractivity contribution in [2.75, 3.05) is 14.2 Å². The lowest BCUT2D eigenvalue weighted by Crippen LogP contribution is -2.27. The van der Waals surface area contributed by atoms with Crippen LogP contribution in [0.1, 0.15) is 23.6 Å². The van der Waals surface area contributed by atoms with Crippen molar-refractivity contribution in [1.29, 1.82) is 0 Å². The van der Waals surface area contributed by atoms with Gasteiger partial charge in [0, 0.05) is 11.4 Å². The molecule has 0 saturated carbocycles. The van der Waals surface area contributed by atoms with Crippen molar-refractivity contribution in [3.05, 3.63) is 88.9 Å². The van der Waals surface area contributed by atoms with Gasteiger partial charge in [-0.25, -0.2) is 0 Å². The summed E-state index contributed by atoms with van der Waals surface area (Å²) in [5.41, 5.74) is 2.33. The Labute approximate surface area is 186 Å². The molecule has 0 aromatic heterocycles. The van der Waals surface area contributed by atoms with Gasteiger partial charge in [-0.3, -0.25) is 0 Å². The molecule has 160 valence electrons. The molecule has 1 unspecified atom stereocenters. The molecule has 1 heterocycles. The van der Waals surface area contributed by atoms with Crippen molar-refractivity contribution in [3.8, 4) is 11.5 Å². The third kappa shape index (κ3) is 4.24. The Balaban J connectivity index is 1.77. The molecule has 4 rings (SSSR count). The molecule has 1 aliphatic rings. The van der Waals surface area contributed by atoms with Gasteiger partial charge in [-0.2, -0.15) is 17.9 Å². The second-order valence-corrected chi connectivity index (χ2v) is 9.24. The molecule has 8 heteroatoms. The van der Waals surface area contributed by atoms with Gasteiger partial charge in [-0.05, 0) is 65.7 Å². The maximum absolute atomic E-state index is 13.5.